The smallest absolute Gasteiger partial charge is 0.107 e. The summed E-state index contributed by atoms with van der Waals surface area (Å²) in [6.45, 7) is 6.43. The van der Waals surface area contributed by atoms with E-state index in [4.69, 9.17) is 9.97 Å². The third-order valence-corrected chi connectivity index (χ3v) is 5.82. The molecule has 28 heavy (non-hydrogen) atoms. The molecule has 2 aromatic heterocycles. The van der Waals surface area contributed by atoms with E-state index in [9.17, 15) is 0 Å². The Morgan fingerprint density at radius 1 is 0.643 bits per heavy atom. The second kappa shape index (κ2) is 8.17. The van der Waals surface area contributed by atoms with Crippen LogP contribution in [0.4, 0.5) is 0 Å². The third-order valence-electron chi connectivity index (χ3n) is 5.82. The lowest BCUT2D eigenvalue weighted by molar-refractivity contribution is 0.603. The number of aromatic nitrogens is 4. The molecule has 4 nitrogen and oxygen atoms in total. The number of aromatic amines is 2. The zero-order chi connectivity index (χ0) is 19.5. The first-order chi connectivity index (χ1) is 13.6. The molecule has 4 rings (SSSR count). The van der Waals surface area contributed by atoms with E-state index in [2.05, 4.69) is 61.1 Å². The molecule has 0 saturated carbocycles. The molecule has 0 unspecified atom stereocenters. The number of nitrogens with zero attached hydrogens (tertiary/aromatic N) is 2. The van der Waals surface area contributed by atoms with Crippen LogP contribution in [0.2, 0.25) is 0 Å². The van der Waals surface area contributed by atoms with Crippen LogP contribution >= 0.6 is 0 Å². The Kier molecular flexibility index (Phi) is 5.47. The summed E-state index contributed by atoms with van der Waals surface area (Å²) in [6.07, 6.45) is 8.26. The Hall–Kier alpha value is -2.62. The number of hydrogen-bond acceptors (Lipinski definition) is 2. The largest absolute Gasteiger partial charge is 0.342 e. The lowest BCUT2D eigenvalue weighted by Gasteiger charge is -2.00. The average molecular weight is 375 g/mol. The normalized spacial score (nSPS) is 11.7. The van der Waals surface area contributed by atoms with E-state index < -0.39 is 0 Å². The Morgan fingerprint density at radius 2 is 1.25 bits per heavy atom. The SMILES string of the molecule is Cc1ccc2[nH]c(CCCCCCCc3nc4c(C)cccc4[nH]3)nc2c1C. The molecule has 0 aliphatic heterocycles. The summed E-state index contributed by atoms with van der Waals surface area (Å²) < 4.78 is 0. The minimum absolute atomic E-state index is 1.04. The standard InChI is InChI=1S/C24H30N4/c1-16-14-15-20-24(18(16)3)28-22(26-20)13-8-6-4-5-7-12-21-25-19-11-9-10-17(2)23(19)27-21/h9-11,14-15H,4-8,12-13H2,1-3H3,(H,25,27)(H,26,28). The summed E-state index contributed by atoms with van der Waals surface area (Å²) in [5.74, 6) is 2.25. The summed E-state index contributed by atoms with van der Waals surface area (Å²) in [5.41, 5.74) is 8.43. The molecule has 0 amide bonds. The maximum Gasteiger partial charge on any atom is 0.107 e. The Balaban J connectivity index is 1.19. The van der Waals surface area contributed by atoms with Crippen molar-refractivity contribution in [2.75, 3.05) is 0 Å². The third kappa shape index (κ3) is 3.96. The molecule has 4 aromatic rings. The first-order valence-corrected chi connectivity index (χ1v) is 10.5. The van der Waals surface area contributed by atoms with Crippen LogP contribution in [0.1, 0.15) is 60.4 Å². The predicted octanol–water partition coefficient (Wildman–Crippen LogP) is 6.10. The van der Waals surface area contributed by atoms with Crippen molar-refractivity contribution >= 4 is 22.1 Å². The minimum atomic E-state index is 1.04. The van der Waals surface area contributed by atoms with Gasteiger partial charge in [-0.1, -0.05) is 37.5 Å². The van der Waals surface area contributed by atoms with Gasteiger partial charge < -0.3 is 9.97 Å². The van der Waals surface area contributed by atoms with Gasteiger partial charge in [-0.3, -0.25) is 0 Å². The number of nitrogens with one attached hydrogen (secondary N) is 2. The van der Waals surface area contributed by atoms with Gasteiger partial charge in [-0.2, -0.15) is 0 Å². The van der Waals surface area contributed by atoms with Crippen molar-refractivity contribution in [2.45, 2.75) is 65.7 Å². The molecule has 0 aliphatic rings. The van der Waals surface area contributed by atoms with Gasteiger partial charge in [-0.05, 0) is 62.4 Å². The van der Waals surface area contributed by atoms with E-state index >= 15 is 0 Å². The van der Waals surface area contributed by atoms with Crippen molar-refractivity contribution in [2.24, 2.45) is 0 Å². The number of aryl methyl sites for hydroxylation is 5. The van der Waals surface area contributed by atoms with E-state index in [0.717, 1.165) is 41.0 Å². The highest BCUT2D eigenvalue weighted by molar-refractivity contribution is 5.80. The number of benzene rings is 2. The van der Waals surface area contributed by atoms with Crippen LogP contribution in [-0.4, -0.2) is 19.9 Å². The second-order valence-corrected chi connectivity index (χ2v) is 8.01. The van der Waals surface area contributed by atoms with Crippen LogP contribution in [-0.2, 0) is 12.8 Å². The van der Waals surface area contributed by atoms with Crippen LogP contribution in [0.5, 0.6) is 0 Å². The zero-order valence-corrected chi connectivity index (χ0v) is 17.2. The van der Waals surface area contributed by atoms with Gasteiger partial charge >= 0.3 is 0 Å². The van der Waals surface area contributed by atoms with Crippen molar-refractivity contribution in [3.05, 3.63) is 58.7 Å². The van der Waals surface area contributed by atoms with Gasteiger partial charge in [0, 0.05) is 12.8 Å². The van der Waals surface area contributed by atoms with Crippen LogP contribution in [0, 0.1) is 20.8 Å². The molecule has 2 N–H and O–H groups in total. The fourth-order valence-corrected chi connectivity index (χ4v) is 3.94. The molecule has 0 fully saturated rings. The van der Waals surface area contributed by atoms with Crippen LogP contribution in [0.15, 0.2) is 30.3 Å². The number of para-hydroxylation sites is 1. The van der Waals surface area contributed by atoms with E-state index in [1.807, 2.05) is 0 Å². The average Bonchev–Trinajstić information content (AvgIpc) is 3.29. The maximum atomic E-state index is 4.81. The van der Waals surface area contributed by atoms with Gasteiger partial charge in [0.25, 0.3) is 0 Å². The lowest BCUT2D eigenvalue weighted by atomic mass is 10.1. The number of H-pyrrole nitrogens is 2. The van der Waals surface area contributed by atoms with Gasteiger partial charge in [0.1, 0.15) is 11.6 Å². The summed E-state index contributed by atoms with van der Waals surface area (Å²) >= 11 is 0. The second-order valence-electron chi connectivity index (χ2n) is 8.01. The predicted molar refractivity (Wildman–Crippen MR) is 117 cm³/mol. The number of rotatable bonds is 8. The number of fused-ring (bicyclic) bond motifs is 2. The Bertz CT molecular complexity index is 1090. The number of hydrogen-bond donors (Lipinski definition) is 2. The van der Waals surface area contributed by atoms with E-state index in [-0.39, 0.29) is 0 Å². The van der Waals surface area contributed by atoms with E-state index in [1.54, 1.807) is 0 Å². The quantitative estimate of drug-likeness (QED) is 0.366. The van der Waals surface area contributed by atoms with Gasteiger partial charge in [-0.25, -0.2) is 9.97 Å². The molecule has 4 heteroatoms. The van der Waals surface area contributed by atoms with Crippen molar-refractivity contribution in [1.82, 2.24) is 19.9 Å². The molecule has 0 radical (unpaired) electrons. The molecule has 2 heterocycles. The minimum Gasteiger partial charge on any atom is -0.342 e. The highest BCUT2D eigenvalue weighted by Gasteiger charge is 2.07. The number of imidazole rings is 2. The first kappa shape index (κ1) is 18.7. The summed E-state index contributed by atoms with van der Waals surface area (Å²) in [7, 11) is 0. The van der Waals surface area contributed by atoms with Crippen LogP contribution in [0.3, 0.4) is 0 Å². The van der Waals surface area contributed by atoms with Crippen molar-refractivity contribution in [3.8, 4) is 0 Å². The Labute approximate surface area is 166 Å². The molecular weight excluding hydrogens is 344 g/mol. The zero-order valence-electron chi connectivity index (χ0n) is 17.2. The fraction of sp³-hybridized carbons (Fsp3) is 0.417. The maximum absolute atomic E-state index is 4.81. The molecule has 0 saturated heterocycles. The van der Waals surface area contributed by atoms with Crippen molar-refractivity contribution in [1.29, 1.82) is 0 Å². The molecule has 146 valence electrons. The summed E-state index contributed by atoms with van der Waals surface area (Å²) in [5, 5.41) is 0. The molecule has 0 spiro atoms. The topological polar surface area (TPSA) is 57.4 Å². The Morgan fingerprint density at radius 3 is 1.93 bits per heavy atom. The van der Waals surface area contributed by atoms with E-state index in [0.29, 0.717) is 0 Å². The molecular formula is C24H30N4. The molecule has 0 bridgehead atoms. The van der Waals surface area contributed by atoms with Gasteiger partial charge in [0.05, 0.1) is 22.1 Å². The van der Waals surface area contributed by atoms with Crippen LogP contribution < -0.4 is 0 Å². The lowest BCUT2D eigenvalue weighted by Crippen LogP contribution is -1.91. The van der Waals surface area contributed by atoms with Gasteiger partial charge in [0.2, 0.25) is 0 Å². The summed E-state index contributed by atoms with van der Waals surface area (Å²) in [4.78, 5) is 16.5. The van der Waals surface area contributed by atoms with Gasteiger partial charge in [0.15, 0.2) is 0 Å². The monoisotopic (exact) mass is 374 g/mol. The molecule has 0 atom stereocenters. The van der Waals surface area contributed by atoms with E-state index in [1.165, 1.54) is 54.3 Å². The number of unbranched alkanes of at least 4 members (excludes halogenated alkanes) is 4. The first-order valence-electron chi connectivity index (χ1n) is 10.5. The van der Waals surface area contributed by atoms with Crippen molar-refractivity contribution in [3.63, 3.8) is 0 Å². The fourth-order valence-electron chi connectivity index (χ4n) is 3.94. The highest BCUT2D eigenvalue weighted by atomic mass is 14.9. The summed E-state index contributed by atoms with van der Waals surface area (Å²) in [6, 6.07) is 10.6. The van der Waals surface area contributed by atoms with Crippen LogP contribution in [0.25, 0.3) is 22.1 Å². The molecule has 0 aliphatic carbocycles. The molecule has 2 aromatic carbocycles. The van der Waals surface area contributed by atoms with Gasteiger partial charge in [-0.15, -0.1) is 0 Å². The highest BCUT2D eigenvalue weighted by Crippen LogP contribution is 2.20. The van der Waals surface area contributed by atoms with Crippen molar-refractivity contribution < 1.29 is 0 Å².